The number of rotatable bonds is 1. The molecule has 0 radical (unpaired) electrons. The minimum atomic E-state index is -0.115. The van der Waals surface area contributed by atoms with E-state index in [9.17, 15) is 4.79 Å². The summed E-state index contributed by atoms with van der Waals surface area (Å²) in [5.41, 5.74) is 3.00. The highest BCUT2D eigenvalue weighted by atomic mass is 16.2. The Bertz CT molecular complexity index is 671. The second-order valence-corrected chi connectivity index (χ2v) is 5.41. The topological polar surface area (TPSA) is 33.2 Å². The van der Waals surface area contributed by atoms with Crippen LogP contribution in [0.25, 0.3) is 0 Å². The lowest BCUT2D eigenvalue weighted by molar-refractivity contribution is 0.0988. The fraction of sp³-hybridized carbons (Fsp3) is 0.250. The van der Waals surface area contributed by atoms with E-state index < -0.39 is 0 Å². The zero-order chi connectivity index (χ0) is 13.0. The molecule has 0 unspecified atom stereocenters. The molecule has 0 saturated heterocycles. The molecule has 0 N–H and O–H groups in total. The van der Waals surface area contributed by atoms with Crippen molar-refractivity contribution in [2.75, 3.05) is 4.90 Å². The Hall–Kier alpha value is -2.16. The zero-order valence-corrected chi connectivity index (χ0v) is 10.8. The third-order valence-corrected chi connectivity index (χ3v) is 4.14. The molecule has 2 aliphatic rings. The normalized spacial score (nSPS) is 18.8. The van der Waals surface area contributed by atoms with Crippen molar-refractivity contribution in [3.05, 3.63) is 59.3 Å². The van der Waals surface area contributed by atoms with Crippen LogP contribution < -0.4 is 4.90 Å². The average molecular weight is 250 g/mol. The van der Waals surface area contributed by atoms with E-state index in [0.717, 1.165) is 29.8 Å². The van der Waals surface area contributed by atoms with Gasteiger partial charge in [0.05, 0.1) is 5.54 Å². The number of amides is 1. The average Bonchev–Trinajstić information content (AvgIpc) is 3.18. The van der Waals surface area contributed by atoms with Gasteiger partial charge in [0.1, 0.15) is 5.82 Å². The Morgan fingerprint density at radius 1 is 1.16 bits per heavy atom. The third-order valence-electron chi connectivity index (χ3n) is 4.14. The number of aryl methyl sites for hydroxylation is 1. The highest BCUT2D eigenvalue weighted by Crippen LogP contribution is 2.57. The monoisotopic (exact) mass is 250 g/mol. The number of anilines is 1. The minimum Gasteiger partial charge on any atom is -0.282 e. The number of nitrogens with zero attached hydrogens (tertiary/aromatic N) is 2. The Morgan fingerprint density at radius 2 is 1.95 bits per heavy atom. The minimum absolute atomic E-state index is 0.0875. The Labute approximate surface area is 111 Å². The zero-order valence-electron chi connectivity index (χ0n) is 10.8. The summed E-state index contributed by atoms with van der Waals surface area (Å²) in [6.07, 6.45) is 3.89. The van der Waals surface area contributed by atoms with Gasteiger partial charge in [-0.2, -0.15) is 0 Å². The highest BCUT2D eigenvalue weighted by Gasteiger charge is 2.58. The number of hydrogen-bond donors (Lipinski definition) is 0. The second kappa shape index (κ2) is 3.44. The molecule has 2 aromatic rings. The molecule has 3 nitrogen and oxygen atoms in total. The van der Waals surface area contributed by atoms with E-state index in [1.54, 1.807) is 0 Å². The van der Waals surface area contributed by atoms with Gasteiger partial charge in [-0.15, -0.1) is 0 Å². The van der Waals surface area contributed by atoms with Crippen molar-refractivity contribution in [1.82, 2.24) is 4.98 Å². The molecule has 0 bridgehead atoms. The molecule has 94 valence electrons. The van der Waals surface area contributed by atoms with E-state index in [2.05, 4.69) is 11.1 Å². The molecule has 1 amide bonds. The number of carbonyl (C=O) groups is 1. The summed E-state index contributed by atoms with van der Waals surface area (Å²) >= 11 is 0. The lowest BCUT2D eigenvalue weighted by atomic mass is 10.0. The number of benzene rings is 1. The quantitative estimate of drug-likeness (QED) is 0.779. The lowest BCUT2D eigenvalue weighted by Crippen LogP contribution is -2.34. The maximum atomic E-state index is 12.6. The van der Waals surface area contributed by atoms with Gasteiger partial charge < -0.3 is 0 Å². The third kappa shape index (κ3) is 1.33. The number of fused-ring (bicyclic) bond motifs is 2. The van der Waals surface area contributed by atoms with Crippen molar-refractivity contribution >= 4 is 11.7 Å². The van der Waals surface area contributed by atoms with Crippen LogP contribution in [0.5, 0.6) is 0 Å². The molecule has 1 saturated carbocycles. The van der Waals surface area contributed by atoms with Crippen LogP contribution in [0.1, 0.15) is 34.3 Å². The van der Waals surface area contributed by atoms with Crippen molar-refractivity contribution in [1.29, 1.82) is 0 Å². The van der Waals surface area contributed by atoms with E-state index in [-0.39, 0.29) is 11.4 Å². The molecule has 1 aromatic carbocycles. The van der Waals surface area contributed by atoms with Gasteiger partial charge in [0.2, 0.25) is 0 Å². The predicted octanol–water partition coefficient (Wildman–Crippen LogP) is 3.04. The van der Waals surface area contributed by atoms with Crippen molar-refractivity contribution in [2.45, 2.75) is 25.3 Å². The first-order chi connectivity index (χ1) is 9.22. The molecular formula is C16H14N2O. The van der Waals surface area contributed by atoms with Crippen LogP contribution in [0.15, 0.2) is 42.6 Å². The van der Waals surface area contributed by atoms with Gasteiger partial charge >= 0.3 is 0 Å². The second-order valence-electron chi connectivity index (χ2n) is 5.41. The molecule has 1 aliphatic heterocycles. The summed E-state index contributed by atoms with van der Waals surface area (Å²) in [5.74, 6) is 0.855. The fourth-order valence-corrected chi connectivity index (χ4v) is 3.04. The summed E-state index contributed by atoms with van der Waals surface area (Å²) in [7, 11) is 0. The number of aromatic nitrogens is 1. The summed E-state index contributed by atoms with van der Waals surface area (Å²) in [6.45, 7) is 2.00. The fourth-order valence-electron chi connectivity index (χ4n) is 3.04. The SMILES string of the molecule is Cc1ccc(N2C(=O)c3ccccc3C23CC3)nc1. The Balaban J connectivity index is 1.88. The molecule has 4 rings (SSSR count). The van der Waals surface area contributed by atoms with Crippen molar-refractivity contribution in [3.63, 3.8) is 0 Å². The standard InChI is InChI=1S/C16H14N2O/c1-11-6-7-14(17-10-11)18-15(19)12-4-2-3-5-13(12)16(18)8-9-16/h2-7,10H,8-9H2,1H3. The van der Waals surface area contributed by atoms with Crippen LogP contribution in [-0.4, -0.2) is 10.9 Å². The first kappa shape index (κ1) is 10.7. The maximum Gasteiger partial charge on any atom is 0.260 e. The van der Waals surface area contributed by atoms with E-state index in [0.29, 0.717) is 0 Å². The smallest absolute Gasteiger partial charge is 0.260 e. The van der Waals surface area contributed by atoms with Crippen molar-refractivity contribution < 1.29 is 4.79 Å². The summed E-state index contributed by atoms with van der Waals surface area (Å²) in [6, 6.07) is 11.9. The van der Waals surface area contributed by atoms with Crippen LogP contribution in [0.3, 0.4) is 0 Å². The van der Waals surface area contributed by atoms with Gasteiger partial charge in [0, 0.05) is 11.8 Å². The van der Waals surface area contributed by atoms with E-state index in [1.165, 1.54) is 5.56 Å². The van der Waals surface area contributed by atoms with Crippen molar-refractivity contribution in [3.8, 4) is 0 Å². The Morgan fingerprint density at radius 3 is 2.63 bits per heavy atom. The van der Waals surface area contributed by atoms with Crippen LogP contribution >= 0.6 is 0 Å². The summed E-state index contributed by atoms with van der Waals surface area (Å²) in [5, 5.41) is 0. The van der Waals surface area contributed by atoms with E-state index >= 15 is 0 Å². The summed E-state index contributed by atoms with van der Waals surface area (Å²) < 4.78 is 0. The van der Waals surface area contributed by atoms with Gasteiger partial charge in [-0.1, -0.05) is 24.3 Å². The molecule has 1 aliphatic carbocycles. The number of pyridine rings is 1. The van der Waals surface area contributed by atoms with Crippen molar-refractivity contribution in [2.24, 2.45) is 0 Å². The highest BCUT2D eigenvalue weighted by molar-refractivity contribution is 6.12. The van der Waals surface area contributed by atoms with Crippen LogP contribution in [0.4, 0.5) is 5.82 Å². The van der Waals surface area contributed by atoms with Gasteiger partial charge in [-0.05, 0) is 43.0 Å². The van der Waals surface area contributed by atoms with E-state index in [1.807, 2.05) is 48.4 Å². The van der Waals surface area contributed by atoms with Crippen LogP contribution in [0, 0.1) is 6.92 Å². The molecule has 1 aromatic heterocycles. The van der Waals surface area contributed by atoms with Gasteiger partial charge in [0.25, 0.3) is 5.91 Å². The molecule has 2 heterocycles. The van der Waals surface area contributed by atoms with Crippen LogP contribution in [0.2, 0.25) is 0 Å². The van der Waals surface area contributed by atoms with Crippen LogP contribution in [-0.2, 0) is 5.54 Å². The molecule has 0 atom stereocenters. The molecular weight excluding hydrogens is 236 g/mol. The first-order valence-electron chi connectivity index (χ1n) is 6.59. The van der Waals surface area contributed by atoms with E-state index in [4.69, 9.17) is 0 Å². The summed E-state index contributed by atoms with van der Waals surface area (Å²) in [4.78, 5) is 18.9. The first-order valence-corrected chi connectivity index (χ1v) is 6.59. The van der Waals surface area contributed by atoms with Gasteiger partial charge in [-0.25, -0.2) is 4.98 Å². The predicted molar refractivity (Wildman–Crippen MR) is 73.1 cm³/mol. The van der Waals surface area contributed by atoms with Gasteiger partial charge in [-0.3, -0.25) is 9.69 Å². The molecule has 3 heteroatoms. The Kier molecular flexibility index (Phi) is 1.94. The lowest BCUT2D eigenvalue weighted by Gasteiger charge is -2.24. The maximum absolute atomic E-state index is 12.6. The molecule has 19 heavy (non-hydrogen) atoms. The van der Waals surface area contributed by atoms with Gasteiger partial charge in [0.15, 0.2) is 0 Å². The largest absolute Gasteiger partial charge is 0.282 e. The molecule has 1 spiro atoms. The number of carbonyl (C=O) groups excluding carboxylic acids is 1. The number of hydrogen-bond acceptors (Lipinski definition) is 2. The molecule has 1 fully saturated rings.